The van der Waals surface area contributed by atoms with Crippen molar-refractivity contribution in [2.75, 3.05) is 13.7 Å². The van der Waals surface area contributed by atoms with Crippen LogP contribution in [-0.4, -0.2) is 66.6 Å². The number of aliphatic hydroxyl groups excluding tert-OH is 1. The first kappa shape index (κ1) is 25.8. The molecule has 0 saturated carbocycles. The second-order valence-corrected chi connectivity index (χ2v) is 7.87. The smallest absolute Gasteiger partial charge is 0.306 e. The molecule has 9 heteroatoms. The number of hydrogen-bond donors (Lipinski definition) is 2. The molecule has 5 atom stereocenters. The number of methoxy groups -OCH3 is 1. The number of carboxylic acid groups (broad SMARTS) is 1. The minimum absolute atomic E-state index is 0.218. The highest BCUT2D eigenvalue weighted by atomic mass is 16.7. The van der Waals surface area contributed by atoms with Gasteiger partial charge in [-0.15, -0.1) is 0 Å². The Morgan fingerprint density at radius 3 is 1.97 bits per heavy atom. The van der Waals surface area contributed by atoms with Crippen molar-refractivity contribution in [3.05, 3.63) is 71.8 Å². The van der Waals surface area contributed by atoms with E-state index in [0.29, 0.717) is 0 Å². The van der Waals surface area contributed by atoms with Gasteiger partial charge in [-0.3, -0.25) is 9.59 Å². The summed E-state index contributed by atoms with van der Waals surface area (Å²) in [5, 5.41) is 19.8. The quantitative estimate of drug-likeness (QED) is 0.446. The third kappa shape index (κ3) is 7.61. The molecular formula is C25H30O9. The minimum Gasteiger partial charge on any atom is -0.481 e. The third-order valence-electron chi connectivity index (χ3n) is 5.37. The summed E-state index contributed by atoms with van der Waals surface area (Å²) >= 11 is 0. The lowest BCUT2D eigenvalue weighted by Gasteiger charge is -2.43. The first-order valence-corrected chi connectivity index (χ1v) is 11.0. The second-order valence-electron chi connectivity index (χ2n) is 7.87. The molecule has 1 aliphatic heterocycles. The summed E-state index contributed by atoms with van der Waals surface area (Å²) in [5.74, 6) is -1.80. The van der Waals surface area contributed by atoms with Gasteiger partial charge >= 0.3 is 11.9 Å². The molecule has 9 nitrogen and oxygen atoms in total. The highest BCUT2D eigenvalue weighted by Crippen LogP contribution is 2.28. The number of benzene rings is 2. The van der Waals surface area contributed by atoms with Gasteiger partial charge in [-0.1, -0.05) is 60.7 Å². The number of carbonyl (C=O) groups excluding carboxylic acids is 1. The first-order valence-electron chi connectivity index (χ1n) is 11.0. The van der Waals surface area contributed by atoms with E-state index in [1.807, 2.05) is 60.7 Å². The van der Waals surface area contributed by atoms with E-state index in [1.54, 1.807) is 0 Å². The number of rotatable bonds is 12. The van der Waals surface area contributed by atoms with Gasteiger partial charge in [0.05, 0.1) is 26.1 Å². The van der Waals surface area contributed by atoms with Crippen LogP contribution in [0.2, 0.25) is 0 Å². The molecule has 34 heavy (non-hydrogen) atoms. The van der Waals surface area contributed by atoms with E-state index >= 15 is 0 Å². The largest absolute Gasteiger partial charge is 0.481 e. The van der Waals surface area contributed by atoms with E-state index in [1.165, 1.54) is 7.11 Å². The van der Waals surface area contributed by atoms with Crippen LogP contribution in [0.1, 0.15) is 24.0 Å². The van der Waals surface area contributed by atoms with Crippen molar-refractivity contribution in [3.8, 4) is 0 Å². The Morgan fingerprint density at radius 2 is 1.44 bits per heavy atom. The van der Waals surface area contributed by atoms with Gasteiger partial charge in [-0.25, -0.2) is 0 Å². The molecule has 0 aromatic heterocycles. The average molecular weight is 475 g/mol. The van der Waals surface area contributed by atoms with Gasteiger partial charge in [0.1, 0.15) is 31.0 Å². The van der Waals surface area contributed by atoms with Gasteiger partial charge in [0.15, 0.2) is 6.29 Å². The van der Waals surface area contributed by atoms with E-state index in [0.717, 1.165) is 11.1 Å². The van der Waals surface area contributed by atoms with E-state index in [9.17, 15) is 14.7 Å². The molecule has 1 aliphatic rings. The van der Waals surface area contributed by atoms with Crippen molar-refractivity contribution in [2.45, 2.75) is 56.8 Å². The summed E-state index contributed by atoms with van der Waals surface area (Å²) < 4.78 is 28.6. The van der Waals surface area contributed by atoms with Gasteiger partial charge in [0, 0.05) is 7.11 Å². The number of hydrogen-bond acceptors (Lipinski definition) is 8. The fourth-order valence-electron chi connectivity index (χ4n) is 3.57. The number of carbonyl (C=O) groups is 2. The van der Waals surface area contributed by atoms with Gasteiger partial charge in [0.2, 0.25) is 0 Å². The summed E-state index contributed by atoms with van der Waals surface area (Å²) in [4.78, 5) is 22.5. The third-order valence-corrected chi connectivity index (χ3v) is 5.37. The maximum atomic E-state index is 11.9. The number of carboxylic acids is 1. The molecule has 1 saturated heterocycles. The van der Waals surface area contributed by atoms with Crippen LogP contribution in [0.5, 0.6) is 0 Å². The van der Waals surface area contributed by atoms with Gasteiger partial charge in [0.25, 0.3) is 0 Å². The van der Waals surface area contributed by atoms with E-state index in [-0.39, 0.29) is 32.7 Å². The summed E-state index contributed by atoms with van der Waals surface area (Å²) in [6.45, 7) is 0.187. The molecule has 2 aromatic carbocycles. The summed E-state index contributed by atoms with van der Waals surface area (Å²) in [6.07, 6.45) is -5.25. The fourth-order valence-corrected chi connectivity index (χ4v) is 3.57. The number of ether oxygens (including phenoxy) is 5. The van der Waals surface area contributed by atoms with Crippen molar-refractivity contribution in [1.82, 2.24) is 0 Å². The van der Waals surface area contributed by atoms with Gasteiger partial charge in [-0.2, -0.15) is 0 Å². The normalized spacial score (nSPS) is 24.5. The lowest BCUT2D eigenvalue weighted by molar-refractivity contribution is -0.314. The van der Waals surface area contributed by atoms with Crippen LogP contribution in [-0.2, 0) is 46.5 Å². The second kappa shape index (κ2) is 13.2. The van der Waals surface area contributed by atoms with Crippen molar-refractivity contribution >= 4 is 11.9 Å². The summed E-state index contributed by atoms with van der Waals surface area (Å²) in [6, 6.07) is 19.0. The van der Waals surface area contributed by atoms with Crippen LogP contribution in [0.3, 0.4) is 0 Å². The van der Waals surface area contributed by atoms with E-state index < -0.39 is 42.6 Å². The number of aliphatic hydroxyl groups is 1. The first-order chi connectivity index (χ1) is 16.5. The monoisotopic (exact) mass is 474 g/mol. The maximum absolute atomic E-state index is 11.9. The molecule has 0 aliphatic carbocycles. The molecule has 2 aromatic rings. The Morgan fingerprint density at radius 1 is 0.882 bits per heavy atom. The standard InChI is InChI=1S/C25H30O9/c1-30-25-24(33-15-18-10-6-3-7-11-18)23(32-14-17-8-4-2-5-9-17)22(29)19(34-25)16-31-21(28)13-12-20(26)27/h2-11,19,22-25,29H,12-16H2,1H3,(H,26,27). The molecule has 0 spiro atoms. The van der Waals surface area contributed by atoms with Gasteiger partial charge in [-0.05, 0) is 11.1 Å². The van der Waals surface area contributed by atoms with Crippen molar-refractivity contribution in [2.24, 2.45) is 0 Å². The van der Waals surface area contributed by atoms with E-state index in [4.69, 9.17) is 28.8 Å². The molecule has 184 valence electrons. The Kier molecular flexibility index (Phi) is 9.99. The van der Waals surface area contributed by atoms with Crippen LogP contribution >= 0.6 is 0 Å². The molecular weight excluding hydrogens is 444 g/mol. The summed E-state index contributed by atoms with van der Waals surface area (Å²) in [7, 11) is 1.45. The lowest BCUT2D eigenvalue weighted by Crippen LogP contribution is -2.60. The van der Waals surface area contributed by atoms with Crippen LogP contribution < -0.4 is 0 Å². The Hall–Kier alpha value is -2.82. The molecule has 0 amide bonds. The minimum atomic E-state index is -1.19. The molecule has 0 radical (unpaired) electrons. The predicted octanol–water partition coefficient (Wildman–Crippen LogP) is 2.30. The Balaban J connectivity index is 1.70. The van der Waals surface area contributed by atoms with Crippen LogP contribution in [0.25, 0.3) is 0 Å². The topological polar surface area (TPSA) is 121 Å². The average Bonchev–Trinajstić information content (AvgIpc) is 2.86. The SMILES string of the molecule is COC1OC(COC(=O)CCC(=O)O)C(O)C(OCc2ccccc2)C1OCc1ccccc1. The van der Waals surface area contributed by atoms with Crippen molar-refractivity contribution in [3.63, 3.8) is 0 Å². The highest BCUT2D eigenvalue weighted by Gasteiger charge is 2.47. The van der Waals surface area contributed by atoms with Gasteiger partial charge < -0.3 is 33.9 Å². The van der Waals surface area contributed by atoms with Crippen LogP contribution in [0.15, 0.2) is 60.7 Å². The predicted molar refractivity (Wildman–Crippen MR) is 120 cm³/mol. The zero-order chi connectivity index (χ0) is 24.3. The zero-order valence-electron chi connectivity index (χ0n) is 18.9. The van der Waals surface area contributed by atoms with Crippen molar-refractivity contribution in [1.29, 1.82) is 0 Å². The van der Waals surface area contributed by atoms with Crippen molar-refractivity contribution < 1.29 is 43.5 Å². The molecule has 1 fully saturated rings. The molecule has 3 rings (SSSR count). The zero-order valence-corrected chi connectivity index (χ0v) is 18.9. The molecule has 5 unspecified atom stereocenters. The summed E-state index contributed by atoms with van der Waals surface area (Å²) in [5.41, 5.74) is 1.84. The molecule has 2 N–H and O–H groups in total. The Labute approximate surface area is 198 Å². The lowest BCUT2D eigenvalue weighted by atomic mass is 9.98. The molecule has 0 bridgehead atoms. The number of esters is 1. The van der Waals surface area contributed by atoms with Crippen LogP contribution in [0.4, 0.5) is 0 Å². The number of aliphatic carboxylic acids is 1. The molecule has 1 heterocycles. The highest BCUT2D eigenvalue weighted by molar-refractivity contribution is 5.76. The fraction of sp³-hybridized carbons (Fsp3) is 0.440. The Bertz CT molecular complexity index is 890. The maximum Gasteiger partial charge on any atom is 0.306 e. The van der Waals surface area contributed by atoms with Crippen LogP contribution in [0, 0.1) is 0 Å². The van der Waals surface area contributed by atoms with E-state index in [2.05, 4.69) is 0 Å².